The van der Waals surface area contributed by atoms with Gasteiger partial charge in [0.2, 0.25) is 5.91 Å². The van der Waals surface area contributed by atoms with E-state index in [2.05, 4.69) is 34.6 Å². The number of guanidine groups is 1. The number of ether oxygens (including phenoxy) is 1. The number of aliphatic imine (C=N–C) groups is 1. The van der Waals surface area contributed by atoms with Gasteiger partial charge in [0.05, 0.1) is 7.11 Å². The van der Waals surface area contributed by atoms with Gasteiger partial charge < -0.3 is 20.3 Å². The second-order valence-electron chi connectivity index (χ2n) is 6.57. The first kappa shape index (κ1) is 21.3. The third-order valence-electron chi connectivity index (χ3n) is 4.21. The van der Waals surface area contributed by atoms with Crippen molar-refractivity contribution in [3.8, 4) is 5.75 Å². The Kier molecular flexibility index (Phi) is 8.34. The average Bonchev–Trinajstić information content (AvgIpc) is 2.68. The molecule has 2 N–H and O–H groups in total. The quantitative estimate of drug-likeness (QED) is 0.543. The van der Waals surface area contributed by atoms with Crippen LogP contribution in [0.25, 0.3) is 0 Å². The Morgan fingerprint density at radius 1 is 1.07 bits per heavy atom. The summed E-state index contributed by atoms with van der Waals surface area (Å²) in [6, 6.07) is 16.0. The van der Waals surface area contributed by atoms with Gasteiger partial charge in [-0.25, -0.2) is 0 Å². The van der Waals surface area contributed by atoms with E-state index in [-0.39, 0.29) is 5.91 Å². The molecule has 0 aromatic heterocycles. The molecule has 0 unspecified atom stereocenters. The Morgan fingerprint density at radius 3 is 2.29 bits per heavy atom. The molecule has 1 amide bonds. The van der Waals surface area contributed by atoms with Crippen molar-refractivity contribution in [2.75, 3.05) is 32.6 Å². The molecule has 0 heterocycles. The monoisotopic (exact) mass is 382 g/mol. The molecular formula is C22H30N4O2. The van der Waals surface area contributed by atoms with Crippen LogP contribution in [0, 0.1) is 0 Å². The Morgan fingerprint density at radius 2 is 1.71 bits per heavy atom. The van der Waals surface area contributed by atoms with Crippen LogP contribution in [0.3, 0.4) is 0 Å². The molecule has 150 valence electrons. The number of benzene rings is 2. The molecule has 2 aromatic rings. The number of amides is 1. The Labute approximate surface area is 167 Å². The van der Waals surface area contributed by atoms with Gasteiger partial charge in [0, 0.05) is 39.3 Å². The maximum atomic E-state index is 11.1. The van der Waals surface area contributed by atoms with Crippen LogP contribution in [0.4, 0.5) is 5.69 Å². The molecule has 2 aromatic carbocycles. The Hall–Kier alpha value is -3.02. The summed E-state index contributed by atoms with van der Waals surface area (Å²) in [5.41, 5.74) is 3.20. The fourth-order valence-corrected chi connectivity index (χ4v) is 2.80. The molecule has 0 saturated heterocycles. The fraction of sp³-hybridized carbons (Fsp3) is 0.364. The van der Waals surface area contributed by atoms with Crippen LogP contribution in [0.2, 0.25) is 0 Å². The molecule has 0 aliphatic rings. The summed E-state index contributed by atoms with van der Waals surface area (Å²) in [5.74, 6) is 1.68. The van der Waals surface area contributed by atoms with Gasteiger partial charge in [0.25, 0.3) is 0 Å². The lowest BCUT2D eigenvalue weighted by molar-refractivity contribution is -0.114. The fourth-order valence-electron chi connectivity index (χ4n) is 2.80. The molecule has 0 aliphatic heterocycles. The smallest absolute Gasteiger partial charge is 0.221 e. The number of anilines is 1. The molecule has 6 heteroatoms. The van der Waals surface area contributed by atoms with E-state index in [0.29, 0.717) is 6.54 Å². The van der Waals surface area contributed by atoms with Crippen molar-refractivity contribution in [1.82, 2.24) is 10.2 Å². The minimum absolute atomic E-state index is 0.0625. The number of methoxy groups -OCH3 is 1. The van der Waals surface area contributed by atoms with Crippen LogP contribution < -0.4 is 15.4 Å². The van der Waals surface area contributed by atoms with E-state index >= 15 is 0 Å². The Balaban J connectivity index is 1.93. The lowest BCUT2D eigenvalue weighted by Gasteiger charge is -2.22. The van der Waals surface area contributed by atoms with Crippen molar-refractivity contribution >= 4 is 17.6 Å². The van der Waals surface area contributed by atoms with Crippen LogP contribution in [-0.4, -0.2) is 44.0 Å². The summed E-state index contributed by atoms with van der Waals surface area (Å²) < 4.78 is 5.21. The molecular weight excluding hydrogens is 352 g/mol. The molecule has 6 nitrogen and oxygen atoms in total. The third kappa shape index (κ3) is 6.95. The van der Waals surface area contributed by atoms with Crippen LogP contribution in [0.5, 0.6) is 5.75 Å². The number of nitrogens with one attached hydrogen (secondary N) is 2. The van der Waals surface area contributed by atoms with Crippen molar-refractivity contribution in [3.63, 3.8) is 0 Å². The SMILES string of the molecule is CCNC(=NCCc1ccc(NC(C)=O)cc1)N(C)Cc1ccc(OC)cc1. The van der Waals surface area contributed by atoms with E-state index in [1.807, 2.05) is 43.4 Å². The van der Waals surface area contributed by atoms with Crippen LogP contribution in [0.1, 0.15) is 25.0 Å². The molecule has 0 fully saturated rings. The molecule has 0 bridgehead atoms. The minimum Gasteiger partial charge on any atom is -0.497 e. The van der Waals surface area contributed by atoms with Crippen LogP contribution in [-0.2, 0) is 17.8 Å². The van der Waals surface area contributed by atoms with Gasteiger partial charge in [-0.15, -0.1) is 0 Å². The molecule has 0 spiro atoms. The van der Waals surface area contributed by atoms with E-state index in [0.717, 1.165) is 36.9 Å². The molecule has 2 rings (SSSR count). The number of carbonyl (C=O) groups excluding carboxylic acids is 1. The number of nitrogens with zero attached hydrogens (tertiary/aromatic N) is 2. The summed E-state index contributed by atoms with van der Waals surface area (Å²) in [5, 5.41) is 6.12. The molecule has 0 atom stereocenters. The normalized spacial score (nSPS) is 11.1. The van der Waals surface area contributed by atoms with Crippen molar-refractivity contribution in [1.29, 1.82) is 0 Å². The summed E-state index contributed by atoms with van der Waals surface area (Å²) in [7, 11) is 3.71. The lowest BCUT2D eigenvalue weighted by atomic mass is 10.1. The van der Waals surface area contributed by atoms with Crippen molar-refractivity contribution < 1.29 is 9.53 Å². The third-order valence-corrected chi connectivity index (χ3v) is 4.21. The summed E-state index contributed by atoms with van der Waals surface area (Å²) in [6.45, 7) is 5.85. The topological polar surface area (TPSA) is 66.0 Å². The van der Waals surface area contributed by atoms with Crippen molar-refractivity contribution in [2.24, 2.45) is 4.99 Å². The van der Waals surface area contributed by atoms with E-state index in [4.69, 9.17) is 9.73 Å². The van der Waals surface area contributed by atoms with Gasteiger partial charge in [-0.3, -0.25) is 9.79 Å². The predicted octanol–water partition coefficient (Wildman–Crippen LogP) is 3.29. The first-order valence-electron chi connectivity index (χ1n) is 9.50. The van der Waals surface area contributed by atoms with Crippen LogP contribution >= 0.6 is 0 Å². The number of hydrogen-bond acceptors (Lipinski definition) is 3. The maximum Gasteiger partial charge on any atom is 0.221 e. The van der Waals surface area contributed by atoms with Crippen LogP contribution in [0.15, 0.2) is 53.5 Å². The molecule has 0 saturated carbocycles. The number of rotatable bonds is 8. The highest BCUT2D eigenvalue weighted by Gasteiger charge is 2.07. The van der Waals surface area contributed by atoms with Crippen molar-refractivity contribution in [3.05, 3.63) is 59.7 Å². The first-order chi connectivity index (χ1) is 13.5. The van der Waals surface area contributed by atoms with Gasteiger partial charge >= 0.3 is 0 Å². The van der Waals surface area contributed by atoms with E-state index in [1.54, 1.807) is 7.11 Å². The van der Waals surface area contributed by atoms with Gasteiger partial charge in [-0.1, -0.05) is 24.3 Å². The largest absolute Gasteiger partial charge is 0.497 e. The van der Waals surface area contributed by atoms with Gasteiger partial charge in [0.15, 0.2) is 5.96 Å². The maximum absolute atomic E-state index is 11.1. The zero-order valence-corrected chi connectivity index (χ0v) is 17.2. The van der Waals surface area contributed by atoms with E-state index in [9.17, 15) is 4.79 Å². The van der Waals surface area contributed by atoms with Gasteiger partial charge in [-0.2, -0.15) is 0 Å². The summed E-state index contributed by atoms with van der Waals surface area (Å²) in [4.78, 5) is 17.9. The highest BCUT2D eigenvalue weighted by atomic mass is 16.5. The molecule has 28 heavy (non-hydrogen) atoms. The second-order valence-corrected chi connectivity index (χ2v) is 6.57. The zero-order chi connectivity index (χ0) is 20.4. The van der Waals surface area contributed by atoms with Crippen molar-refractivity contribution in [2.45, 2.75) is 26.8 Å². The van der Waals surface area contributed by atoms with E-state index < -0.39 is 0 Å². The minimum atomic E-state index is -0.0625. The highest BCUT2D eigenvalue weighted by molar-refractivity contribution is 5.88. The Bertz CT molecular complexity index is 770. The van der Waals surface area contributed by atoms with Gasteiger partial charge in [-0.05, 0) is 48.7 Å². The summed E-state index contributed by atoms with van der Waals surface area (Å²) in [6.07, 6.45) is 0.839. The second kappa shape index (κ2) is 11.0. The standard InChI is InChI=1S/C22H30N4O2/c1-5-23-22(26(3)16-19-8-12-21(28-4)13-9-19)24-15-14-18-6-10-20(11-7-18)25-17(2)27/h6-13H,5,14-16H2,1-4H3,(H,23,24)(H,25,27). The van der Waals surface area contributed by atoms with E-state index in [1.165, 1.54) is 18.1 Å². The molecule has 0 aliphatic carbocycles. The number of carbonyl (C=O) groups is 1. The zero-order valence-electron chi connectivity index (χ0n) is 17.2. The average molecular weight is 383 g/mol. The summed E-state index contributed by atoms with van der Waals surface area (Å²) >= 11 is 0. The molecule has 0 radical (unpaired) electrons. The lowest BCUT2D eigenvalue weighted by Crippen LogP contribution is -2.38. The highest BCUT2D eigenvalue weighted by Crippen LogP contribution is 2.13. The van der Waals surface area contributed by atoms with Gasteiger partial charge in [0.1, 0.15) is 5.75 Å². The number of hydrogen-bond donors (Lipinski definition) is 2. The first-order valence-corrected chi connectivity index (χ1v) is 9.50. The predicted molar refractivity (Wildman–Crippen MR) is 115 cm³/mol.